The van der Waals surface area contributed by atoms with E-state index in [2.05, 4.69) is 20.6 Å². The molecule has 0 aliphatic carbocycles. The van der Waals surface area contributed by atoms with Crippen molar-refractivity contribution in [3.63, 3.8) is 0 Å². The van der Waals surface area contributed by atoms with E-state index in [0.717, 1.165) is 5.69 Å². The van der Waals surface area contributed by atoms with Gasteiger partial charge in [-0.25, -0.2) is 14.8 Å². The van der Waals surface area contributed by atoms with Gasteiger partial charge in [0.25, 0.3) is 0 Å². The summed E-state index contributed by atoms with van der Waals surface area (Å²) in [5.74, 6) is -0.0625. The average Bonchev–Trinajstić information content (AvgIpc) is 2.88. The van der Waals surface area contributed by atoms with Gasteiger partial charge in [-0.1, -0.05) is 0 Å². The minimum atomic E-state index is -0.317. The quantitative estimate of drug-likeness (QED) is 0.705. The van der Waals surface area contributed by atoms with E-state index in [4.69, 9.17) is 12.2 Å². The lowest BCUT2D eigenvalue weighted by atomic mass is 10.1. The number of carbonyl (C=O) groups is 1. The molecule has 0 fully saturated rings. The molecule has 0 saturated heterocycles. The van der Waals surface area contributed by atoms with Crippen LogP contribution in [0.25, 0.3) is 22.4 Å². The molecule has 0 spiro atoms. The average molecular weight is 344 g/mol. The Labute approximate surface area is 142 Å². The van der Waals surface area contributed by atoms with E-state index in [1.165, 1.54) is 11.6 Å². The van der Waals surface area contributed by atoms with Crippen LogP contribution in [0.2, 0.25) is 0 Å². The molecule has 3 rings (SSSR count). The number of rotatable bonds is 3. The highest BCUT2D eigenvalue weighted by atomic mass is 32.1. The molecule has 3 aromatic rings. The van der Waals surface area contributed by atoms with E-state index in [9.17, 15) is 9.59 Å². The van der Waals surface area contributed by atoms with Gasteiger partial charge in [0, 0.05) is 25.4 Å². The van der Waals surface area contributed by atoms with Crippen LogP contribution in [0.4, 0.5) is 0 Å². The number of nitrogens with one attached hydrogen (secondary N) is 2. The number of H-pyrrole nitrogens is 1. The van der Waals surface area contributed by atoms with Crippen molar-refractivity contribution in [3.05, 3.63) is 39.0 Å². The molecule has 0 aromatic carbocycles. The number of aromatic nitrogens is 5. The first-order valence-electron chi connectivity index (χ1n) is 7.38. The van der Waals surface area contributed by atoms with Gasteiger partial charge in [0.15, 0.2) is 5.82 Å². The fraction of sp³-hybridized carbons (Fsp3) is 0.267. The van der Waals surface area contributed by atoms with Crippen molar-refractivity contribution in [2.75, 3.05) is 5.43 Å². The number of carbonyl (C=O) groups excluding carboxylic acids is 1. The first kappa shape index (κ1) is 16.1. The van der Waals surface area contributed by atoms with Gasteiger partial charge >= 0.3 is 0 Å². The molecule has 3 aromatic heterocycles. The van der Waals surface area contributed by atoms with Crippen LogP contribution in [0.5, 0.6) is 0 Å². The highest BCUT2D eigenvalue weighted by Crippen LogP contribution is 2.17. The molecule has 2 N–H and O–H groups in total. The van der Waals surface area contributed by atoms with E-state index in [1.807, 2.05) is 18.4 Å². The molecular weight excluding hydrogens is 328 g/mol. The van der Waals surface area contributed by atoms with Crippen LogP contribution in [0.1, 0.15) is 19.5 Å². The lowest BCUT2D eigenvalue weighted by Crippen LogP contribution is -2.23. The number of aryl methyl sites for hydroxylation is 2. The monoisotopic (exact) mass is 344 g/mol. The zero-order chi connectivity index (χ0) is 17.4. The Hall–Kier alpha value is -2.81. The van der Waals surface area contributed by atoms with E-state index >= 15 is 0 Å². The van der Waals surface area contributed by atoms with Gasteiger partial charge in [0.05, 0.1) is 10.9 Å². The molecule has 8 nitrogen and oxygen atoms in total. The van der Waals surface area contributed by atoms with Gasteiger partial charge in [0.1, 0.15) is 5.65 Å². The molecule has 124 valence electrons. The maximum absolute atomic E-state index is 12.9. The van der Waals surface area contributed by atoms with Crippen LogP contribution in [0.15, 0.2) is 23.1 Å². The number of amides is 1. The minimum Gasteiger partial charge on any atom is -0.332 e. The zero-order valence-electron chi connectivity index (χ0n) is 13.5. The van der Waals surface area contributed by atoms with Crippen LogP contribution >= 0.6 is 12.2 Å². The Balaban J connectivity index is 2.34. The summed E-state index contributed by atoms with van der Waals surface area (Å²) in [6.45, 7) is 5.82. The van der Waals surface area contributed by atoms with Crippen LogP contribution in [0.3, 0.4) is 0 Å². The van der Waals surface area contributed by atoms with Crippen molar-refractivity contribution in [2.24, 2.45) is 0 Å². The molecule has 0 saturated carbocycles. The molecule has 1 amide bonds. The van der Waals surface area contributed by atoms with Gasteiger partial charge in [-0.2, -0.15) is 5.10 Å². The number of aromatic amines is 1. The Bertz CT molecular complexity index is 1060. The second-order valence-electron chi connectivity index (χ2n) is 5.34. The van der Waals surface area contributed by atoms with Crippen molar-refractivity contribution in [3.8, 4) is 11.4 Å². The second kappa shape index (κ2) is 6.00. The molecule has 0 bridgehead atoms. The van der Waals surface area contributed by atoms with E-state index in [-0.39, 0.29) is 21.9 Å². The topological polar surface area (TPSA) is 97.6 Å². The third kappa shape index (κ3) is 2.62. The maximum Gasteiger partial charge on any atom is 0.235 e. The number of pyridine rings is 2. The third-order valence-corrected chi connectivity index (χ3v) is 3.86. The Morgan fingerprint density at radius 3 is 2.83 bits per heavy atom. The summed E-state index contributed by atoms with van der Waals surface area (Å²) in [5, 5.41) is 7.19. The highest BCUT2D eigenvalue weighted by molar-refractivity contribution is 7.71. The highest BCUT2D eigenvalue weighted by Gasteiger charge is 2.17. The maximum atomic E-state index is 12.9. The Morgan fingerprint density at radius 1 is 1.42 bits per heavy atom. The zero-order valence-corrected chi connectivity index (χ0v) is 14.3. The van der Waals surface area contributed by atoms with Gasteiger partial charge < -0.3 is 4.57 Å². The van der Waals surface area contributed by atoms with E-state index in [0.29, 0.717) is 23.1 Å². The fourth-order valence-electron chi connectivity index (χ4n) is 2.50. The van der Waals surface area contributed by atoms with Crippen LogP contribution in [-0.4, -0.2) is 30.3 Å². The molecule has 0 radical (unpaired) electrons. The van der Waals surface area contributed by atoms with E-state index < -0.39 is 0 Å². The van der Waals surface area contributed by atoms with Crippen LogP contribution in [-0.2, 0) is 11.3 Å². The summed E-state index contributed by atoms with van der Waals surface area (Å²) < 4.78 is 3.36. The molecule has 3 heterocycles. The van der Waals surface area contributed by atoms with Gasteiger partial charge in [-0.3, -0.25) is 15.0 Å². The van der Waals surface area contributed by atoms with E-state index in [1.54, 1.807) is 18.3 Å². The van der Waals surface area contributed by atoms with Gasteiger partial charge in [-0.05, 0) is 38.2 Å². The lowest BCUT2D eigenvalue weighted by Gasteiger charge is -2.12. The van der Waals surface area contributed by atoms with Gasteiger partial charge in [0.2, 0.25) is 16.1 Å². The third-order valence-electron chi connectivity index (χ3n) is 3.58. The first-order chi connectivity index (χ1) is 11.4. The lowest BCUT2D eigenvalue weighted by molar-refractivity contribution is -0.115. The number of fused-ring (bicyclic) bond motifs is 1. The molecular formula is C15H16N6O2S. The Kier molecular flexibility index (Phi) is 4.02. The summed E-state index contributed by atoms with van der Waals surface area (Å²) in [6, 6.07) is 3.54. The standard InChI is InChI=1S/C15H16N6O2S/c1-4-20-7-11(12(23)10-6-5-8(2)16-13(10)20)14-17-18-15(24)21(14)19-9(3)22/h5-7H,4H2,1-3H3,(H,18,24)(H,19,22). The first-order valence-corrected chi connectivity index (χ1v) is 7.79. The summed E-state index contributed by atoms with van der Waals surface area (Å²) in [6.07, 6.45) is 1.68. The molecule has 9 heteroatoms. The summed E-state index contributed by atoms with van der Waals surface area (Å²) in [7, 11) is 0. The second-order valence-corrected chi connectivity index (χ2v) is 5.72. The van der Waals surface area contributed by atoms with Crippen LogP contribution in [0, 0.1) is 11.7 Å². The van der Waals surface area contributed by atoms with Crippen molar-refractivity contribution in [1.29, 1.82) is 0 Å². The Morgan fingerprint density at radius 2 is 2.17 bits per heavy atom. The molecule has 0 aliphatic rings. The van der Waals surface area contributed by atoms with Crippen molar-refractivity contribution >= 4 is 29.2 Å². The summed E-state index contributed by atoms with van der Waals surface area (Å²) in [4.78, 5) is 28.7. The number of hydrogen-bond acceptors (Lipinski definition) is 5. The summed E-state index contributed by atoms with van der Waals surface area (Å²) >= 11 is 5.12. The molecule has 0 aliphatic heterocycles. The minimum absolute atomic E-state index is 0.199. The normalized spacial score (nSPS) is 11.0. The number of hydrogen-bond donors (Lipinski definition) is 2. The largest absolute Gasteiger partial charge is 0.332 e. The molecule has 24 heavy (non-hydrogen) atoms. The smallest absolute Gasteiger partial charge is 0.235 e. The number of nitrogens with zero attached hydrogens (tertiary/aromatic N) is 4. The van der Waals surface area contributed by atoms with Crippen LogP contribution < -0.4 is 10.9 Å². The van der Waals surface area contributed by atoms with Crippen molar-refractivity contribution < 1.29 is 4.79 Å². The van der Waals surface area contributed by atoms with Crippen molar-refractivity contribution in [2.45, 2.75) is 27.3 Å². The molecule has 0 atom stereocenters. The van der Waals surface area contributed by atoms with Crippen molar-refractivity contribution in [1.82, 2.24) is 24.4 Å². The summed E-state index contributed by atoms with van der Waals surface area (Å²) in [5.41, 5.74) is 4.12. The molecule has 0 unspecified atom stereocenters. The predicted molar refractivity (Wildman–Crippen MR) is 92.9 cm³/mol. The predicted octanol–water partition coefficient (Wildman–Crippen LogP) is 1.74. The SMILES string of the molecule is CCn1cc(-c2n[nH]c(=S)n2NC(C)=O)c(=O)c2ccc(C)nc21. The fourth-order valence-corrected chi connectivity index (χ4v) is 2.68. The van der Waals surface area contributed by atoms with Gasteiger partial charge in [-0.15, -0.1) is 0 Å².